The van der Waals surface area contributed by atoms with Crippen LogP contribution in [-0.4, -0.2) is 43.7 Å². The number of hydrogen-bond donors (Lipinski definition) is 0. The standard InChI is InChI=1S/C11H18N2O3S/c1-12(2)9-6-7-10(13(3)4)11(8-9)17(14,15)16-5/h6-8H,1-5H3. The molecule has 96 valence electrons. The van der Waals surface area contributed by atoms with Crippen LogP contribution in [0.25, 0.3) is 0 Å². The van der Waals surface area contributed by atoms with Crippen LogP contribution in [-0.2, 0) is 14.3 Å². The Morgan fingerprint density at radius 3 is 2.06 bits per heavy atom. The molecule has 5 nitrogen and oxygen atoms in total. The third-order valence-electron chi connectivity index (χ3n) is 2.43. The fourth-order valence-corrected chi connectivity index (χ4v) is 2.39. The molecule has 1 aromatic carbocycles. The summed E-state index contributed by atoms with van der Waals surface area (Å²) in [6.07, 6.45) is 0. The van der Waals surface area contributed by atoms with E-state index in [0.717, 1.165) is 12.8 Å². The lowest BCUT2D eigenvalue weighted by molar-refractivity contribution is 0.398. The summed E-state index contributed by atoms with van der Waals surface area (Å²) in [6.45, 7) is 0. The second-order valence-electron chi connectivity index (χ2n) is 4.06. The number of benzene rings is 1. The van der Waals surface area contributed by atoms with Crippen LogP contribution >= 0.6 is 0 Å². The fraction of sp³-hybridized carbons (Fsp3) is 0.455. The first kappa shape index (κ1) is 13.8. The minimum Gasteiger partial charge on any atom is -0.378 e. The summed E-state index contributed by atoms with van der Waals surface area (Å²) < 4.78 is 28.2. The second kappa shape index (κ2) is 4.93. The Balaban J connectivity index is 3.47. The summed E-state index contributed by atoms with van der Waals surface area (Å²) >= 11 is 0. The quantitative estimate of drug-likeness (QED) is 0.758. The molecule has 0 spiro atoms. The third-order valence-corrected chi connectivity index (χ3v) is 3.73. The van der Waals surface area contributed by atoms with Gasteiger partial charge in [-0.3, -0.25) is 4.18 Å². The van der Waals surface area contributed by atoms with E-state index in [-0.39, 0.29) is 4.90 Å². The van der Waals surface area contributed by atoms with E-state index < -0.39 is 10.1 Å². The van der Waals surface area contributed by atoms with Crippen LogP contribution in [0.3, 0.4) is 0 Å². The highest BCUT2D eigenvalue weighted by Gasteiger charge is 2.20. The average molecular weight is 258 g/mol. The first-order chi connectivity index (χ1) is 7.79. The number of nitrogens with zero attached hydrogens (tertiary/aromatic N) is 2. The predicted octanol–water partition coefficient (Wildman–Crippen LogP) is 1.15. The maximum atomic E-state index is 11.8. The zero-order valence-electron chi connectivity index (χ0n) is 10.8. The van der Waals surface area contributed by atoms with Gasteiger partial charge in [-0.25, -0.2) is 0 Å². The zero-order chi connectivity index (χ0) is 13.2. The van der Waals surface area contributed by atoms with Crippen molar-refractivity contribution in [3.05, 3.63) is 18.2 Å². The van der Waals surface area contributed by atoms with Gasteiger partial charge in [0.2, 0.25) is 0 Å². The van der Waals surface area contributed by atoms with Crippen LogP contribution in [0.15, 0.2) is 23.1 Å². The van der Waals surface area contributed by atoms with E-state index in [1.54, 1.807) is 31.1 Å². The van der Waals surface area contributed by atoms with Gasteiger partial charge in [-0.2, -0.15) is 8.42 Å². The Hall–Kier alpha value is -1.27. The molecular weight excluding hydrogens is 240 g/mol. The molecule has 6 heteroatoms. The topological polar surface area (TPSA) is 49.9 Å². The average Bonchev–Trinajstić information content (AvgIpc) is 2.28. The van der Waals surface area contributed by atoms with Gasteiger partial charge in [0.1, 0.15) is 4.90 Å². The summed E-state index contributed by atoms with van der Waals surface area (Å²) in [5.74, 6) is 0. The Morgan fingerprint density at radius 2 is 1.65 bits per heavy atom. The van der Waals surface area contributed by atoms with Crippen molar-refractivity contribution < 1.29 is 12.6 Å². The van der Waals surface area contributed by atoms with Crippen molar-refractivity contribution in [2.45, 2.75) is 4.90 Å². The van der Waals surface area contributed by atoms with Gasteiger partial charge in [-0.1, -0.05) is 0 Å². The molecular formula is C11H18N2O3S. The minimum atomic E-state index is -3.70. The zero-order valence-corrected chi connectivity index (χ0v) is 11.6. The first-order valence-electron chi connectivity index (χ1n) is 5.09. The van der Waals surface area contributed by atoms with Gasteiger partial charge < -0.3 is 9.80 Å². The van der Waals surface area contributed by atoms with Crippen LogP contribution in [0.1, 0.15) is 0 Å². The van der Waals surface area contributed by atoms with Crippen molar-refractivity contribution >= 4 is 21.5 Å². The summed E-state index contributed by atoms with van der Waals surface area (Å²) in [4.78, 5) is 3.76. The Kier molecular flexibility index (Phi) is 4.00. The van der Waals surface area contributed by atoms with E-state index in [0.29, 0.717) is 5.69 Å². The summed E-state index contributed by atoms with van der Waals surface area (Å²) in [7, 11) is 4.76. The fourth-order valence-electron chi connectivity index (χ4n) is 1.44. The SMILES string of the molecule is COS(=O)(=O)c1cc(N(C)C)ccc1N(C)C. The van der Waals surface area contributed by atoms with Gasteiger partial charge >= 0.3 is 0 Å². The van der Waals surface area contributed by atoms with Gasteiger partial charge in [0.05, 0.1) is 12.8 Å². The van der Waals surface area contributed by atoms with E-state index in [2.05, 4.69) is 4.18 Å². The van der Waals surface area contributed by atoms with E-state index in [4.69, 9.17) is 0 Å². The molecule has 0 N–H and O–H groups in total. The summed E-state index contributed by atoms with van der Waals surface area (Å²) in [6, 6.07) is 5.24. The molecule has 0 saturated carbocycles. The predicted molar refractivity (Wildman–Crippen MR) is 69.3 cm³/mol. The molecule has 0 unspecified atom stereocenters. The van der Waals surface area contributed by atoms with Crippen molar-refractivity contribution in [3.8, 4) is 0 Å². The van der Waals surface area contributed by atoms with Gasteiger partial charge in [-0.05, 0) is 18.2 Å². The molecule has 1 rings (SSSR count). The van der Waals surface area contributed by atoms with E-state index in [9.17, 15) is 8.42 Å². The Labute approximate surface area is 103 Å². The Bertz CT molecular complexity index is 495. The van der Waals surface area contributed by atoms with Crippen molar-refractivity contribution in [3.63, 3.8) is 0 Å². The second-order valence-corrected chi connectivity index (χ2v) is 5.74. The van der Waals surface area contributed by atoms with Gasteiger partial charge in [-0.15, -0.1) is 0 Å². The molecule has 0 saturated heterocycles. The van der Waals surface area contributed by atoms with Crippen molar-refractivity contribution in [1.82, 2.24) is 0 Å². The molecule has 0 aliphatic rings. The van der Waals surface area contributed by atoms with Crippen LogP contribution in [0.2, 0.25) is 0 Å². The van der Waals surface area contributed by atoms with Gasteiger partial charge in [0.15, 0.2) is 0 Å². The highest BCUT2D eigenvalue weighted by Crippen LogP contribution is 2.29. The van der Waals surface area contributed by atoms with Crippen molar-refractivity contribution in [1.29, 1.82) is 0 Å². The minimum absolute atomic E-state index is 0.177. The van der Waals surface area contributed by atoms with Crippen LogP contribution in [0.5, 0.6) is 0 Å². The third kappa shape index (κ3) is 2.89. The molecule has 0 heterocycles. The number of rotatable bonds is 4. The highest BCUT2D eigenvalue weighted by molar-refractivity contribution is 7.87. The lowest BCUT2D eigenvalue weighted by Gasteiger charge is -2.20. The maximum absolute atomic E-state index is 11.8. The smallest absolute Gasteiger partial charge is 0.298 e. The maximum Gasteiger partial charge on any atom is 0.298 e. The molecule has 0 bridgehead atoms. The largest absolute Gasteiger partial charge is 0.378 e. The van der Waals surface area contributed by atoms with Crippen molar-refractivity contribution in [2.24, 2.45) is 0 Å². The highest BCUT2D eigenvalue weighted by atomic mass is 32.2. The molecule has 17 heavy (non-hydrogen) atoms. The van der Waals surface area contributed by atoms with E-state index in [1.807, 2.05) is 25.1 Å². The molecule has 0 aromatic heterocycles. The van der Waals surface area contributed by atoms with Crippen LogP contribution in [0.4, 0.5) is 11.4 Å². The van der Waals surface area contributed by atoms with Crippen LogP contribution in [0, 0.1) is 0 Å². The lowest BCUT2D eigenvalue weighted by atomic mass is 10.2. The summed E-state index contributed by atoms with van der Waals surface area (Å²) in [5.41, 5.74) is 1.42. The molecule has 0 aliphatic heterocycles. The molecule has 0 radical (unpaired) electrons. The number of anilines is 2. The molecule has 0 atom stereocenters. The van der Waals surface area contributed by atoms with E-state index in [1.165, 1.54) is 0 Å². The monoisotopic (exact) mass is 258 g/mol. The first-order valence-corrected chi connectivity index (χ1v) is 6.49. The Morgan fingerprint density at radius 1 is 1.06 bits per heavy atom. The van der Waals surface area contributed by atoms with Crippen molar-refractivity contribution in [2.75, 3.05) is 45.1 Å². The normalized spacial score (nSPS) is 11.4. The molecule has 0 aliphatic carbocycles. The van der Waals surface area contributed by atoms with Gasteiger partial charge in [0, 0.05) is 33.9 Å². The number of hydrogen-bond acceptors (Lipinski definition) is 5. The summed E-state index contributed by atoms with van der Waals surface area (Å²) in [5, 5.41) is 0. The van der Waals surface area contributed by atoms with Crippen LogP contribution < -0.4 is 9.80 Å². The molecule has 0 fully saturated rings. The molecule has 1 aromatic rings. The van der Waals surface area contributed by atoms with E-state index >= 15 is 0 Å². The molecule has 0 amide bonds. The lowest BCUT2D eigenvalue weighted by Crippen LogP contribution is -2.16. The van der Waals surface area contributed by atoms with Gasteiger partial charge in [0.25, 0.3) is 10.1 Å².